The van der Waals surface area contributed by atoms with Crippen molar-refractivity contribution in [1.82, 2.24) is 30.8 Å². The molecule has 3 aromatic rings. The van der Waals surface area contributed by atoms with Crippen molar-refractivity contribution in [3.8, 4) is 11.3 Å². The van der Waals surface area contributed by atoms with Crippen LogP contribution in [0.2, 0.25) is 0 Å². The third-order valence-corrected chi connectivity index (χ3v) is 3.04. The SMILES string of the molecule is Brc1ccc(-c2cc(Cc3nn[nH]n3)[nH]n2)cc1. The van der Waals surface area contributed by atoms with Gasteiger partial charge in [0.2, 0.25) is 0 Å². The summed E-state index contributed by atoms with van der Waals surface area (Å²) in [6, 6.07) is 9.99. The number of hydrogen-bond acceptors (Lipinski definition) is 4. The molecule has 0 amide bonds. The molecule has 0 unspecified atom stereocenters. The molecule has 0 bridgehead atoms. The fraction of sp³-hybridized carbons (Fsp3) is 0.0909. The van der Waals surface area contributed by atoms with Crippen molar-refractivity contribution >= 4 is 15.9 Å². The van der Waals surface area contributed by atoms with Crippen LogP contribution in [-0.4, -0.2) is 30.8 Å². The van der Waals surface area contributed by atoms with Crippen molar-refractivity contribution in [3.05, 3.63) is 46.3 Å². The zero-order valence-electron chi connectivity index (χ0n) is 9.26. The largest absolute Gasteiger partial charge is 0.281 e. The van der Waals surface area contributed by atoms with E-state index in [0.29, 0.717) is 12.2 Å². The molecule has 2 N–H and O–H groups in total. The lowest BCUT2D eigenvalue weighted by atomic mass is 10.1. The number of hydrogen-bond donors (Lipinski definition) is 2. The molecule has 0 fully saturated rings. The van der Waals surface area contributed by atoms with Gasteiger partial charge >= 0.3 is 0 Å². The van der Waals surface area contributed by atoms with E-state index >= 15 is 0 Å². The fourth-order valence-corrected chi connectivity index (χ4v) is 1.91. The minimum Gasteiger partial charge on any atom is -0.281 e. The van der Waals surface area contributed by atoms with Crippen LogP contribution in [0.3, 0.4) is 0 Å². The van der Waals surface area contributed by atoms with Gasteiger partial charge in [0, 0.05) is 15.7 Å². The molecule has 0 aliphatic heterocycles. The first kappa shape index (κ1) is 11.1. The predicted octanol–water partition coefficient (Wildman–Crippen LogP) is 1.94. The van der Waals surface area contributed by atoms with Gasteiger partial charge in [-0.05, 0) is 18.2 Å². The molecule has 0 aliphatic carbocycles. The molecule has 2 heterocycles. The first-order valence-electron chi connectivity index (χ1n) is 5.34. The Hall–Kier alpha value is -2.02. The monoisotopic (exact) mass is 304 g/mol. The maximum Gasteiger partial charge on any atom is 0.180 e. The van der Waals surface area contributed by atoms with Crippen molar-refractivity contribution in [1.29, 1.82) is 0 Å². The smallest absolute Gasteiger partial charge is 0.180 e. The number of tetrazole rings is 1. The van der Waals surface area contributed by atoms with E-state index in [-0.39, 0.29) is 0 Å². The molecule has 0 saturated heterocycles. The van der Waals surface area contributed by atoms with E-state index in [1.807, 2.05) is 30.3 Å². The number of rotatable bonds is 3. The Bertz CT molecular complexity index is 628. The second-order valence-corrected chi connectivity index (χ2v) is 4.71. The summed E-state index contributed by atoms with van der Waals surface area (Å²) in [6.45, 7) is 0. The summed E-state index contributed by atoms with van der Waals surface area (Å²) in [7, 11) is 0. The highest BCUT2D eigenvalue weighted by atomic mass is 79.9. The molecular formula is C11H9BrN6. The predicted molar refractivity (Wildman–Crippen MR) is 68.7 cm³/mol. The number of H-pyrrole nitrogens is 2. The summed E-state index contributed by atoms with van der Waals surface area (Å²) >= 11 is 3.41. The Balaban J connectivity index is 1.83. The second kappa shape index (κ2) is 4.69. The van der Waals surface area contributed by atoms with Crippen LogP contribution < -0.4 is 0 Å². The maximum absolute atomic E-state index is 4.27. The van der Waals surface area contributed by atoms with Gasteiger partial charge in [0.1, 0.15) is 0 Å². The molecule has 7 heteroatoms. The fourth-order valence-electron chi connectivity index (χ4n) is 1.65. The average Bonchev–Trinajstić information content (AvgIpc) is 3.02. The highest BCUT2D eigenvalue weighted by molar-refractivity contribution is 9.10. The van der Waals surface area contributed by atoms with Crippen molar-refractivity contribution in [3.63, 3.8) is 0 Å². The minimum absolute atomic E-state index is 0.583. The molecule has 2 aromatic heterocycles. The first-order chi connectivity index (χ1) is 8.81. The molecular weight excluding hydrogens is 296 g/mol. The van der Waals surface area contributed by atoms with Gasteiger partial charge in [-0.3, -0.25) is 5.10 Å². The third kappa shape index (κ3) is 2.30. The molecule has 0 radical (unpaired) electrons. The van der Waals surface area contributed by atoms with Crippen LogP contribution in [0, 0.1) is 0 Å². The number of halogens is 1. The maximum atomic E-state index is 4.27. The summed E-state index contributed by atoms with van der Waals surface area (Å²) in [5, 5.41) is 21.0. The molecule has 3 rings (SSSR count). The lowest BCUT2D eigenvalue weighted by Crippen LogP contribution is -1.91. The van der Waals surface area contributed by atoms with Crippen LogP contribution in [0.5, 0.6) is 0 Å². The van der Waals surface area contributed by atoms with Gasteiger partial charge in [-0.15, -0.1) is 10.2 Å². The van der Waals surface area contributed by atoms with Gasteiger partial charge in [-0.25, -0.2) is 0 Å². The lowest BCUT2D eigenvalue weighted by Gasteiger charge is -1.95. The van der Waals surface area contributed by atoms with E-state index in [2.05, 4.69) is 46.8 Å². The van der Waals surface area contributed by atoms with E-state index < -0.39 is 0 Å². The normalized spacial score (nSPS) is 10.7. The summed E-state index contributed by atoms with van der Waals surface area (Å²) in [6.07, 6.45) is 0.583. The summed E-state index contributed by atoms with van der Waals surface area (Å²) in [5.41, 5.74) is 2.92. The van der Waals surface area contributed by atoms with Gasteiger partial charge in [0.05, 0.1) is 12.1 Å². The molecule has 0 spiro atoms. The van der Waals surface area contributed by atoms with Gasteiger partial charge in [0.25, 0.3) is 0 Å². The Morgan fingerprint density at radius 2 is 1.94 bits per heavy atom. The number of nitrogens with one attached hydrogen (secondary N) is 2. The Morgan fingerprint density at radius 3 is 2.67 bits per heavy atom. The van der Waals surface area contributed by atoms with E-state index in [4.69, 9.17) is 0 Å². The molecule has 0 saturated carbocycles. The second-order valence-electron chi connectivity index (χ2n) is 3.79. The number of benzene rings is 1. The summed E-state index contributed by atoms with van der Waals surface area (Å²) < 4.78 is 1.05. The third-order valence-electron chi connectivity index (χ3n) is 2.51. The van der Waals surface area contributed by atoms with Crippen LogP contribution in [0.15, 0.2) is 34.8 Å². The minimum atomic E-state index is 0.583. The zero-order valence-corrected chi connectivity index (χ0v) is 10.8. The van der Waals surface area contributed by atoms with Gasteiger partial charge in [0.15, 0.2) is 5.82 Å². The van der Waals surface area contributed by atoms with Crippen molar-refractivity contribution < 1.29 is 0 Å². The van der Waals surface area contributed by atoms with Crippen LogP contribution in [0.1, 0.15) is 11.5 Å². The molecule has 1 aromatic carbocycles. The molecule has 0 aliphatic rings. The highest BCUT2D eigenvalue weighted by Gasteiger charge is 2.06. The van der Waals surface area contributed by atoms with Crippen LogP contribution in [0.4, 0.5) is 0 Å². The Labute approximate surface area is 111 Å². The Kier molecular flexibility index (Phi) is 2.89. The van der Waals surface area contributed by atoms with E-state index in [1.54, 1.807) is 0 Å². The average molecular weight is 305 g/mol. The highest BCUT2D eigenvalue weighted by Crippen LogP contribution is 2.20. The van der Waals surface area contributed by atoms with Gasteiger partial charge in [-0.2, -0.15) is 10.3 Å². The first-order valence-corrected chi connectivity index (χ1v) is 6.13. The standard InChI is InChI=1S/C11H9BrN6/c12-8-3-1-7(2-4-8)10-5-9(13-14-10)6-11-15-17-18-16-11/h1-5H,6H2,(H,13,14)(H,15,16,17,18). The van der Waals surface area contributed by atoms with Crippen LogP contribution in [-0.2, 0) is 6.42 Å². The van der Waals surface area contributed by atoms with E-state index in [9.17, 15) is 0 Å². The summed E-state index contributed by atoms with van der Waals surface area (Å²) in [5.74, 6) is 0.640. The number of aromatic amines is 2. The molecule has 0 atom stereocenters. The van der Waals surface area contributed by atoms with Crippen molar-refractivity contribution in [2.24, 2.45) is 0 Å². The van der Waals surface area contributed by atoms with Crippen molar-refractivity contribution in [2.45, 2.75) is 6.42 Å². The van der Waals surface area contributed by atoms with Crippen LogP contribution in [0.25, 0.3) is 11.3 Å². The van der Waals surface area contributed by atoms with E-state index in [1.165, 1.54) is 0 Å². The summed E-state index contributed by atoms with van der Waals surface area (Å²) in [4.78, 5) is 0. The lowest BCUT2D eigenvalue weighted by molar-refractivity contribution is 0.881. The van der Waals surface area contributed by atoms with Gasteiger partial charge in [-0.1, -0.05) is 33.3 Å². The van der Waals surface area contributed by atoms with Gasteiger partial charge < -0.3 is 0 Å². The Morgan fingerprint density at radius 1 is 1.11 bits per heavy atom. The zero-order chi connectivity index (χ0) is 12.4. The van der Waals surface area contributed by atoms with E-state index in [0.717, 1.165) is 21.4 Å². The topological polar surface area (TPSA) is 83.1 Å². The number of aromatic nitrogens is 6. The number of nitrogens with zero attached hydrogens (tertiary/aromatic N) is 4. The quantitative estimate of drug-likeness (QED) is 0.774. The van der Waals surface area contributed by atoms with Crippen molar-refractivity contribution in [2.75, 3.05) is 0 Å². The molecule has 18 heavy (non-hydrogen) atoms. The molecule has 6 nitrogen and oxygen atoms in total. The molecule has 90 valence electrons. The van der Waals surface area contributed by atoms with Crippen LogP contribution >= 0.6 is 15.9 Å².